The molecule has 26 heavy (non-hydrogen) atoms. The van der Waals surface area contributed by atoms with E-state index in [1.807, 2.05) is 0 Å². The number of amides is 1. The van der Waals surface area contributed by atoms with Crippen molar-refractivity contribution in [2.75, 3.05) is 11.9 Å². The third kappa shape index (κ3) is 7.73. The Labute approximate surface area is 156 Å². The highest BCUT2D eigenvalue weighted by atomic mass is 32.1. The molecule has 0 aliphatic rings. The summed E-state index contributed by atoms with van der Waals surface area (Å²) in [7, 11) is 0. The lowest BCUT2D eigenvalue weighted by Gasteiger charge is -2.23. The van der Waals surface area contributed by atoms with Gasteiger partial charge in [-0.3, -0.25) is 14.4 Å². The molecule has 1 aromatic heterocycles. The van der Waals surface area contributed by atoms with Crippen LogP contribution in [0.2, 0.25) is 0 Å². The van der Waals surface area contributed by atoms with Crippen LogP contribution in [0.1, 0.15) is 50.7 Å². The van der Waals surface area contributed by atoms with Crippen LogP contribution in [0.4, 0.5) is 5.13 Å². The van der Waals surface area contributed by atoms with Gasteiger partial charge in [-0.2, -0.15) is 0 Å². The minimum absolute atomic E-state index is 0.00501. The number of ether oxygens (including phenoxy) is 1. The highest BCUT2D eigenvalue weighted by molar-refractivity contribution is 7.17. The molecule has 0 aliphatic carbocycles. The van der Waals surface area contributed by atoms with Gasteiger partial charge >= 0.3 is 5.97 Å². The summed E-state index contributed by atoms with van der Waals surface area (Å²) in [6.45, 7) is 8.39. The molecule has 1 rings (SSSR count). The lowest BCUT2D eigenvalue weighted by molar-refractivity contribution is -0.158. The van der Waals surface area contributed by atoms with E-state index >= 15 is 0 Å². The Morgan fingerprint density at radius 1 is 1.31 bits per heavy atom. The van der Waals surface area contributed by atoms with Crippen molar-refractivity contribution in [1.29, 1.82) is 0 Å². The van der Waals surface area contributed by atoms with Gasteiger partial charge in [-0.25, -0.2) is 9.78 Å². The van der Waals surface area contributed by atoms with Gasteiger partial charge in [0.1, 0.15) is 11.6 Å². The molecule has 2 atom stereocenters. The molecule has 0 radical (unpaired) electrons. The van der Waals surface area contributed by atoms with Crippen molar-refractivity contribution in [1.82, 2.24) is 10.3 Å². The molecule has 0 aliphatic heterocycles. The summed E-state index contributed by atoms with van der Waals surface area (Å²) in [5.41, 5.74) is -0.636. The number of ketones is 1. The van der Waals surface area contributed by atoms with Crippen molar-refractivity contribution in [2.45, 2.75) is 52.7 Å². The Hall–Kier alpha value is -2.29. The van der Waals surface area contributed by atoms with E-state index in [0.29, 0.717) is 16.3 Å². The summed E-state index contributed by atoms with van der Waals surface area (Å²) in [4.78, 5) is 51.0. The Balaban J connectivity index is 2.41. The number of anilines is 1. The number of hydrogen-bond donors (Lipinski definition) is 2. The van der Waals surface area contributed by atoms with Crippen molar-refractivity contribution in [3.63, 3.8) is 0 Å². The predicted octanol–water partition coefficient (Wildman–Crippen LogP) is 1.81. The number of Topliss-reactive ketones (excluding diaryl/α,β-unsaturated/α-hetero) is 1. The molecule has 144 valence electrons. The van der Waals surface area contributed by atoms with Gasteiger partial charge in [0.05, 0.1) is 17.6 Å². The fourth-order valence-electron chi connectivity index (χ4n) is 1.91. The minimum atomic E-state index is -0.797. The average Bonchev–Trinajstić information content (AvgIpc) is 2.99. The summed E-state index contributed by atoms with van der Waals surface area (Å²) >= 11 is 1.14. The van der Waals surface area contributed by atoms with Crippen LogP contribution < -0.4 is 10.6 Å². The van der Waals surface area contributed by atoms with E-state index in [0.717, 1.165) is 11.3 Å². The lowest BCUT2D eigenvalue weighted by Crippen LogP contribution is -2.44. The highest BCUT2D eigenvalue weighted by Gasteiger charge is 2.25. The van der Waals surface area contributed by atoms with Crippen LogP contribution >= 0.6 is 11.3 Å². The maximum atomic E-state index is 12.1. The first-order valence-electron chi connectivity index (χ1n) is 8.21. The van der Waals surface area contributed by atoms with Crippen LogP contribution in [-0.4, -0.2) is 47.1 Å². The molecule has 0 spiro atoms. The zero-order valence-corrected chi connectivity index (χ0v) is 16.4. The van der Waals surface area contributed by atoms with E-state index in [-0.39, 0.29) is 18.7 Å². The largest absolute Gasteiger partial charge is 0.458 e. The Bertz CT molecular complexity index is 666. The van der Waals surface area contributed by atoms with Crippen LogP contribution in [0, 0.1) is 5.92 Å². The molecule has 0 saturated carbocycles. The summed E-state index contributed by atoms with van der Waals surface area (Å²) in [6.07, 6.45) is 2.12. The third-order valence-electron chi connectivity index (χ3n) is 3.18. The molecule has 0 saturated heterocycles. The van der Waals surface area contributed by atoms with Gasteiger partial charge < -0.3 is 15.4 Å². The van der Waals surface area contributed by atoms with Gasteiger partial charge in [-0.05, 0) is 27.7 Å². The predicted molar refractivity (Wildman–Crippen MR) is 98.2 cm³/mol. The van der Waals surface area contributed by atoms with Crippen molar-refractivity contribution in [2.24, 2.45) is 5.92 Å². The zero-order chi connectivity index (χ0) is 19.9. The van der Waals surface area contributed by atoms with Crippen molar-refractivity contribution in [3.05, 3.63) is 11.1 Å². The molecular weight excluding hydrogens is 358 g/mol. The fraction of sp³-hybridized carbons (Fsp3) is 0.588. The number of nitrogens with one attached hydrogen (secondary N) is 2. The highest BCUT2D eigenvalue weighted by Crippen LogP contribution is 2.16. The SMILES string of the molecule is C[C@H](CC(=O)CNc1ncc(C=O)s1)C(=O)N[C@@H](C)C(=O)OC(C)(C)C. The topological polar surface area (TPSA) is 114 Å². The quantitative estimate of drug-likeness (QED) is 0.494. The number of aldehydes is 1. The van der Waals surface area contributed by atoms with Crippen molar-refractivity contribution in [3.8, 4) is 0 Å². The fourth-order valence-corrected chi connectivity index (χ4v) is 2.53. The maximum Gasteiger partial charge on any atom is 0.328 e. The molecular formula is C17H25N3O5S. The zero-order valence-electron chi connectivity index (χ0n) is 15.6. The van der Waals surface area contributed by atoms with Crippen molar-refractivity contribution >= 4 is 40.4 Å². The van der Waals surface area contributed by atoms with Crippen molar-refractivity contribution < 1.29 is 23.9 Å². The summed E-state index contributed by atoms with van der Waals surface area (Å²) in [5.74, 6) is -1.69. The first-order valence-corrected chi connectivity index (χ1v) is 9.03. The molecule has 8 nitrogen and oxygen atoms in total. The van der Waals surface area contributed by atoms with E-state index in [1.54, 1.807) is 27.7 Å². The van der Waals surface area contributed by atoms with Gasteiger partial charge in [-0.15, -0.1) is 0 Å². The van der Waals surface area contributed by atoms with Crippen LogP contribution in [0.3, 0.4) is 0 Å². The normalized spacial score (nSPS) is 13.4. The van der Waals surface area contributed by atoms with Gasteiger partial charge in [0.25, 0.3) is 0 Å². The second-order valence-corrected chi connectivity index (χ2v) is 8.01. The molecule has 1 aromatic rings. The molecule has 0 aromatic carbocycles. The van der Waals surface area contributed by atoms with Crippen LogP contribution in [0.25, 0.3) is 0 Å². The molecule has 0 fully saturated rings. The molecule has 0 bridgehead atoms. The number of aromatic nitrogens is 1. The number of carbonyl (C=O) groups is 4. The standard InChI is InChI=1S/C17H25N3O5S/c1-10(14(23)20-11(2)15(24)25-17(3,4)5)6-12(22)7-18-16-19-8-13(9-21)26-16/h8-11H,6-7H2,1-5H3,(H,18,19)(H,20,23)/t10-,11+/m1/s1. The van der Waals surface area contributed by atoms with E-state index in [2.05, 4.69) is 15.6 Å². The Morgan fingerprint density at radius 2 is 1.96 bits per heavy atom. The number of thiazole rings is 1. The molecule has 9 heteroatoms. The Kier molecular flexibility index (Phi) is 7.88. The van der Waals surface area contributed by atoms with Gasteiger partial charge in [0.2, 0.25) is 5.91 Å². The molecule has 1 amide bonds. The second kappa shape index (κ2) is 9.42. The van der Waals surface area contributed by atoms with E-state index in [1.165, 1.54) is 13.1 Å². The summed E-state index contributed by atoms with van der Waals surface area (Å²) in [5, 5.41) is 5.85. The van der Waals surface area contributed by atoms with Gasteiger partial charge in [0.15, 0.2) is 17.2 Å². The van der Waals surface area contributed by atoms with E-state index < -0.39 is 29.4 Å². The summed E-state index contributed by atoms with van der Waals surface area (Å²) in [6, 6.07) is -0.797. The van der Waals surface area contributed by atoms with Crippen LogP contribution in [0.15, 0.2) is 6.20 Å². The van der Waals surface area contributed by atoms with Gasteiger partial charge in [-0.1, -0.05) is 18.3 Å². The number of rotatable bonds is 9. The van der Waals surface area contributed by atoms with E-state index in [4.69, 9.17) is 4.74 Å². The number of nitrogens with zero attached hydrogens (tertiary/aromatic N) is 1. The van der Waals surface area contributed by atoms with Gasteiger partial charge in [0, 0.05) is 12.3 Å². The first-order chi connectivity index (χ1) is 12.0. The number of esters is 1. The van der Waals surface area contributed by atoms with Crippen LogP contribution in [-0.2, 0) is 19.1 Å². The first kappa shape index (κ1) is 21.8. The summed E-state index contributed by atoms with van der Waals surface area (Å²) < 4.78 is 5.20. The number of hydrogen-bond acceptors (Lipinski definition) is 8. The maximum absolute atomic E-state index is 12.1. The monoisotopic (exact) mass is 383 g/mol. The Morgan fingerprint density at radius 3 is 2.50 bits per heavy atom. The minimum Gasteiger partial charge on any atom is -0.458 e. The average molecular weight is 383 g/mol. The molecule has 2 N–H and O–H groups in total. The second-order valence-electron chi connectivity index (χ2n) is 6.95. The lowest BCUT2D eigenvalue weighted by atomic mass is 10.0. The third-order valence-corrected chi connectivity index (χ3v) is 4.06. The molecule has 1 heterocycles. The van der Waals surface area contributed by atoms with Crippen LogP contribution in [0.5, 0.6) is 0 Å². The van der Waals surface area contributed by atoms with E-state index in [9.17, 15) is 19.2 Å². The number of carbonyl (C=O) groups excluding carboxylic acids is 4. The smallest absolute Gasteiger partial charge is 0.328 e. The molecule has 0 unspecified atom stereocenters.